The summed E-state index contributed by atoms with van der Waals surface area (Å²) >= 11 is 6.52. The number of tetrazole rings is 1. The lowest BCUT2D eigenvalue weighted by Crippen LogP contribution is -2.35. The molecular weight excluding hydrogens is 328 g/mol. The van der Waals surface area contributed by atoms with Crippen molar-refractivity contribution in [2.45, 2.75) is 18.7 Å². The van der Waals surface area contributed by atoms with E-state index in [1.165, 1.54) is 4.68 Å². The van der Waals surface area contributed by atoms with E-state index in [4.69, 9.17) is 11.6 Å². The Bertz CT molecular complexity index is 862. The molecule has 0 bridgehead atoms. The van der Waals surface area contributed by atoms with Crippen molar-refractivity contribution in [3.8, 4) is 5.69 Å². The molecule has 0 saturated heterocycles. The van der Waals surface area contributed by atoms with Crippen LogP contribution in [0.15, 0.2) is 48.8 Å². The number of aromatic nitrogens is 5. The highest BCUT2D eigenvalue weighted by Crippen LogP contribution is 2.30. The maximum Gasteiger partial charge on any atom is 0.253 e. The number of para-hydroxylation sites is 1. The number of hydrogen-bond acceptors (Lipinski definition) is 5. The molecule has 0 spiro atoms. The van der Waals surface area contributed by atoms with Gasteiger partial charge in [-0.15, -0.1) is 16.7 Å². The Morgan fingerprint density at radius 1 is 1.21 bits per heavy atom. The minimum atomic E-state index is -1.45. The summed E-state index contributed by atoms with van der Waals surface area (Å²) in [5, 5.41) is 14.4. The molecule has 0 aliphatic rings. The van der Waals surface area contributed by atoms with Crippen molar-refractivity contribution >= 4 is 23.2 Å². The van der Waals surface area contributed by atoms with Crippen LogP contribution in [0.1, 0.15) is 18.3 Å². The maximum atomic E-state index is 12.6. The van der Waals surface area contributed by atoms with Crippen LogP contribution in [0.5, 0.6) is 0 Å². The predicted molar refractivity (Wildman–Crippen MR) is 90.0 cm³/mol. The van der Waals surface area contributed by atoms with Gasteiger partial charge in [0.15, 0.2) is 10.7 Å². The smallest absolute Gasteiger partial charge is 0.253 e. The molecule has 7 nitrogen and oxygen atoms in total. The number of hydrogen-bond donors (Lipinski definition) is 1. The second kappa shape index (κ2) is 6.37. The SMILES string of the molecule is Cc1ccccc1-n1nnnc1C(C)(Cl)C(=O)Nc1ccncc1. The van der Waals surface area contributed by atoms with Crippen LogP contribution in [-0.2, 0) is 9.67 Å². The van der Waals surface area contributed by atoms with Gasteiger partial charge in [-0.2, -0.15) is 4.68 Å². The Morgan fingerprint density at radius 3 is 2.62 bits per heavy atom. The van der Waals surface area contributed by atoms with Gasteiger partial charge >= 0.3 is 0 Å². The lowest BCUT2D eigenvalue weighted by atomic mass is 10.1. The van der Waals surface area contributed by atoms with Gasteiger partial charge < -0.3 is 5.32 Å². The Labute approximate surface area is 143 Å². The van der Waals surface area contributed by atoms with Gasteiger partial charge in [-0.05, 0) is 48.0 Å². The fourth-order valence-corrected chi connectivity index (χ4v) is 2.39. The second-order valence-electron chi connectivity index (χ2n) is 5.39. The van der Waals surface area contributed by atoms with Gasteiger partial charge in [-0.25, -0.2) is 0 Å². The largest absolute Gasteiger partial charge is 0.324 e. The first-order chi connectivity index (χ1) is 11.5. The van der Waals surface area contributed by atoms with Crippen molar-refractivity contribution < 1.29 is 4.79 Å². The van der Waals surface area contributed by atoms with E-state index in [0.29, 0.717) is 5.69 Å². The molecule has 1 unspecified atom stereocenters. The molecule has 2 heterocycles. The van der Waals surface area contributed by atoms with Crippen molar-refractivity contribution in [1.82, 2.24) is 25.2 Å². The quantitative estimate of drug-likeness (QED) is 0.736. The van der Waals surface area contributed by atoms with Crippen LogP contribution < -0.4 is 5.32 Å². The van der Waals surface area contributed by atoms with Crippen molar-refractivity contribution in [1.29, 1.82) is 0 Å². The zero-order valence-electron chi connectivity index (χ0n) is 13.1. The van der Waals surface area contributed by atoms with E-state index in [2.05, 4.69) is 25.8 Å². The van der Waals surface area contributed by atoms with Gasteiger partial charge in [0, 0.05) is 18.1 Å². The van der Waals surface area contributed by atoms with Gasteiger partial charge in [0.05, 0.1) is 5.69 Å². The fraction of sp³-hybridized carbons (Fsp3) is 0.188. The molecule has 0 aliphatic heterocycles. The van der Waals surface area contributed by atoms with Crippen molar-refractivity contribution in [3.05, 3.63) is 60.2 Å². The molecule has 3 rings (SSSR count). The van der Waals surface area contributed by atoms with Crippen LogP contribution in [0.4, 0.5) is 5.69 Å². The lowest BCUT2D eigenvalue weighted by Gasteiger charge is -2.20. The monoisotopic (exact) mass is 342 g/mol. The van der Waals surface area contributed by atoms with Crippen LogP contribution in [0.3, 0.4) is 0 Å². The summed E-state index contributed by atoms with van der Waals surface area (Å²) < 4.78 is 1.48. The number of halogens is 1. The summed E-state index contributed by atoms with van der Waals surface area (Å²) in [5.41, 5.74) is 2.32. The van der Waals surface area contributed by atoms with Gasteiger partial charge in [-0.1, -0.05) is 18.2 Å². The number of aryl methyl sites for hydroxylation is 1. The zero-order valence-corrected chi connectivity index (χ0v) is 13.9. The number of nitrogens with one attached hydrogen (secondary N) is 1. The molecule has 0 radical (unpaired) electrons. The summed E-state index contributed by atoms with van der Waals surface area (Å²) in [6.07, 6.45) is 3.16. The second-order valence-corrected chi connectivity index (χ2v) is 6.15. The normalized spacial score (nSPS) is 13.3. The number of anilines is 1. The third kappa shape index (κ3) is 2.98. The topological polar surface area (TPSA) is 85.6 Å². The molecule has 8 heteroatoms. The average Bonchev–Trinajstić information content (AvgIpc) is 3.06. The minimum absolute atomic E-state index is 0.241. The summed E-state index contributed by atoms with van der Waals surface area (Å²) in [5.74, 6) is -0.190. The number of nitrogens with zero attached hydrogens (tertiary/aromatic N) is 5. The predicted octanol–water partition coefficient (Wildman–Crippen LogP) is 2.46. The fourth-order valence-electron chi connectivity index (χ4n) is 2.23. The third-order valence-corrected chi connectivity index (χ3v) is 3.94. The molecule has 1 N–H and O–H groups in total. The number of amides is 1. The molecule has 0 fully saturated rings. The van der Waals surface area contributed by atoms with Crippen molar-refractivity contribution in [2.24, 2.45) is 0 Å². The molecule has 1 aromatic carbocycles. The Kier molecular flexibility index (Phi) is 4.26. The Morgan fingerprint density at radius 2 is 1.92 bits per heavy atom. The number of carbonyl (C=O) groups is 1. The van der Waals surface area contributed by atoms with Crippen LogP contribution in [-0.4, -0.2) is 31.1 Å². The zero-order chi connectivity index (χ0) is 17.2. The molecule has 1 amide bonds. The van der Waals surface area contributed by atoms with E-state index in [-0.39, 0.29) is 5.82 Å². The first-order valence-electron chi connectivity index (χ1n) is 7.25. The van der Waals surface area contributed by atoms with Gasteiger partial charge in [0.1, 0.15) is 0 Å². The summed E-state index contributed by atoms with van der Waals surface area (Å²) in [6.45, 7) is 3.49. The van der Waals surface area contributed by atoms with E-state index in [9.17, 15) is 4.79 Å². The van der Waals surface area contributed by atoms with E-state index in [0.717, 1.165) is 11.3 Å². The minimum Gasteiger partial charge on any atom is -0.324 e. The highest BCUT2D eigenvalue weighted by atomic mass is 35.5. The first kappa shape index (κ1) is 16.1. The molecular formula is C16H15ClN6O. The first-order valence-corrected chi connectivity index (χ1v) is 7.63. The van der Waals surface area contributed by atoms with Crippen molar-refractivity contribution in [3.63, 3.8) is 0 Å². The molecule has 1 atom stereocenters. The van der Waals surface area contributed by atoms with Gasteiger partial charge in [0.2, 0.25) is 0 Å². The molecule has 122 valence electrons. The highest BCUT2D eigenvalue weighted by molar-refractivity contribution is 6.35. The van der Waals surface area contributed by atoms with E-state index < -0.39 is 10.8 Å². The summed E-state index contributed by atoms with van der Waals surface area (Å²) in [4.78, 5) is 15.1. The van der Waals surface area contributed by atoms with E-state index >= 15 is 0 Å². The Hall–Kier alpha value is -2.80. The molecule has 2 aromatic heterocycles. The summed E-state index contributed by atoms with van der Waals surface area (Å²) in [6, 6.07) is 10.9. The van der Waals surface area contributed by atoms with Crippen molar-refractivity contribution in [2.75, 3.05) is 5.32 Å². The van der Waals surface area contributed by atoms with Crippen LogP contribution in [0.25, 0.3) is 5.69 Å². The van der Waals surface area contributed by atoms with E-state index in [1.54, 1.807) is 31.5 Å². The van der Waals surface area contributed by atoms with Crippen LogP contribution in [0, 0.1) is 6.92 Å². The maximum absolute atomic E-state index is 12.6. The molecule has 0 aliphatic carbocycles. The Balaban J connectivity index is 1.95. The standard InChI is InChI=1S/C16H15ClN6O/c1-11-5-3-4-6-13(11)23-14(20-21-22-23)16(2,17)15(24)19-12-7-9-18-10-8-12/h3-10H,1-2H3,(H,18,19,24). The third-order valence-electron chi connectivity index (χ3n) is 3.60. The number of alkyl halides is 1. The van der Waals surface area contributed by atoms with Crippen LogP contribution in [0.2, 0.25) is 0 Å². The van der Waals surface area contributed by atoms with Crippen LogP contribution >= 0.6 is 11.6 Å². The number of carbonyl (C=O) groups excluding carboxylic acids is 1. The highest BCUT2D eigenvalue weighted by Gasteiger charge is 2.39. The average molecular weight is 343 g/mol. The molecule has 0 saturated carbocycles. The summed E-state index contributed by atoms with van der Waals surface area (Å²) in [7, 11) is 0. The molecule has 3 aromatic rings. The number of pyridine rings is 1. The number of benzene rings is 1. The van der Waals surface area contributed by atoms with E-state index in [1.807, 2.05) is 31.2 Å². The van der Waals surface area contributed by atoms with Gasteiger partial charge in [-0.3, -0.25) is 9.78 Å². The van der Waals surface area contributed by atoms with Gasteiger partial charge in [0.25, 0.3) is 5.91 Å². The molecule has 24 heavy (non-hydrogen) atoms. The lowest BCUT2D eigenvalue weighted by molar-refractivity contribution is -0.118. The number of rotatable bonds is 4.